The third-order valence-electron chi connectivity index (χ3n) is 6.27. The van der Waals surface area contributed by atoms with Gasteiger partial charge >= 0.3 is 0 Å². The predicted molar refractivity (Wildman–Crippen MR) is 104 cm³/mol. The lowest BCUT2D eigenvalue weighted by Crippen LogP contribution is -2.43. The minimum atomic E-state index is 0.0199. The van der Waals surface area contributed by atoms with Crippen LogP contribution < -0.4 is 10.1 Å². The number of rotatable bonds is 5. The average molecular weight is 361 g/mol. The monoisotopic (exact) mass is 360 g/mol. The molecule has 1 aliphatic carbocycles. The van der Waals surface area contributed by atoms with Crippen molar-refractivity contribution in [3.63, 3.8) is 0 Å². The van der Waals surface area contributed by atoms with Crippen LogP contribution in [0.1, 0.15) is 44.6 Å². The molecule has 1 aromatic rings. The molecule has 6 heteroatoms. The Kier molecular flexibility index (Phi) is 6.14. The van der Waals surface area contributed by atoms with Crippen LogP contribution in [0.4, 0.5) is 5.82 Å². The van der Waals surface area contributed by atoms with Crippen LogP contribution in [-0.4, -0.2) is 67.6 Å². The summed E-state index contributed by atoms with van der Waals surface area (Å²) in [6.45, 7) is 7.06. The molecule has 1 saturated carbocycles. The summed E-state index contributed by atoms with van der Waals surface area (Å²) in [5.74, 6) is 1.41. The molecule has 3 rings (SSSR count). The predicted octanol–water partition coefficient (Wildman–Crippen LogP) is 2.50. The fourth-order valence-electron chi connectivity index (χ4n) is 4.49. The van der Waals surface area contributed by atoms with E-state index in [1.54, 1.807) is 13.3 Å². The van der Waals surface area contributed by atoms with Crippen LogP contribution >= 0.6 is 0 Å². The molecule has 26 heavy (non-hydrogen) atoms. The Bertz CT molecular complexity index is 614. The molecule has 1 amide bonds. The number of nitrogens with zero attached hydrogens (tertiary/aromatic N) is 3. The second-order valence-electron chi connectivity index (χ2n) is 8.02. The van der Waals surface area contributed by atoms with E-state index in [9.17, 15) is 4.79 Å². The largest absolute Gasteiger partial charge is 0.495 e. The molecular formula is C20H32N4O2. The van der Waals surface area contributed by atoms with E-state index in [0.717, 1.165) is 24.2 Å². The van der Waals surface area contributed by atoms with Crippen molar-refractivity contribution in [2.45, 2.75) is 50.5 Å². The van der Waals surface area contributed by atoms with E-state index in [-0.39, 0.29) is 5.41 Å². The minimum Gasteiger partial charge on any atom is -0.495 e. The van der Waals surface area contributed by atoms with Gasteiger partial charge in [-0.2, -0.15) is 0 Å². The molecule has 1 N–H and O–H groups in total. The van der Waals surface area contributed by atoms with E-state index in [2.05, 4.69) is 34.1 Å². The second-order valence-corrected chi connectivity index (χ2v) is 8.02. The number of aromatic nitrogens is 1. The van der Waals surface area contributed by atoms with Gasteiger partial charge in [0.15, 0.2) is 0 Å². The van der Waals surface area contributed by atoms with Gasteiger partial charge < -0.3 is 15.0 Å². The minimum absolute atomic E-state index is 0.0199. The first-order chi connectivity index (χ1) is 12.6. The van der Waals surface area contributed by atoms with Crippen molar-refractivity contribution < 1.29 is 9.53 Å². The van der Waals surface area contributed by atoms with Crippen molar-refractivity contribution >= 4 is 12.2 Å². The molecule has 0 spiro atoms. The van der Waals surface area contributed by atoms with Crippen LogP contribution in [0.15, 0.2) is 12.3 Å². The number of methoxy groups -OCH3 is 1. The van der Waals surface area contributed by atoms with Crippen molar-refractivity contribution in [3.8, 4) is 5.75 Å². The molecule has 144 valence electrons. The van der Waals surface area contributed by atoms with Crippen LogP contribution in [-0.2, 0) is 10.2 Å². The van der Waals surface area contributed by atoms with E-state index in [4.69, 9.17) is 4.74 Å². The van der Waals surface area contributed by atoms with Crippen LogP contribution in [0, 0.1) is 0 Å². The SMILES string of the molecule is COc1cnc(NC=O)c(C2(C)CCC(N3CCCN(C)CC3)CC2)c1. The highest BCUT2D eigenvalue weighted by atomic mass is 16.5. The zero-order valence-corrected chi connectivity index (χ0v) is 16.3. The molecule has 0 unspecified atom stereocenters. The molecule has 6 nitrogen and oxygen atoms in total. The Morgan fingerprint density at radius 2 is 2.04 bits per heavy atom. The Morgan fingerprint density at radius 3 is 2.73 bits per heavy atom. The number of nitrogens with one attached hydrogen (secondary N) is 1. The Labute approximate surface area is 156 Å². The Morgan fingerprint density at radius 1 is 1.27 bits per heavy atom. The molecule has 0 aromatic carbocycles. The summed E-state index contributed by atoms with van der Waals surface area (Å²) in [7, 11) is 3.88. The Hall–Kier alpha value is -1.66. The summed E-state index contributed by atoms with van der Waals surface area (Å²) in [4.78, 5) is 20.5. The standard InChI is InChI=1S/C20H32N4O2/c1-20(18-13-17(26-3)14-21-19(18)22-15-25)7-5-16(6-8-20)24-10-4-9-23(2)11-12-24/h13-16H,4-12H2,1-3H3,(H,21,22,25). The van der Waals surface area contributed by atoms with E-state index in [0.29, 0.717) is 18.3 Å². The zero-order chi connectivity index (χ0) is 18.6. The quantitative estimate of drug-likeness (QED) is 0.818. The van der Waals surface area contributed by atoms with Gasteiger partial charge in [0.05, 0.1) is 13.3 Å². The first-order valence-electron chi connectivity index (χ1n) is 9.73. The van der Waals surface area contributed by atoms with Gasteiger partial charge in [0, 0.05) is 24.7 Å². The normalized spacial score (nSPS) is 28.3. The van der Waals surface area contributed by atoms with Gasteiger partial charge in [0.1, 0.15) is 11.6 Å². The van der Waals surface area contributed by atoms with Gasteiger partial charge in [-0.3, -0.25) is 9.69 Å². The van der Waals surface area contributed by atoms with Gasteiger partial charge in [-0.1, -0.05) is 6.92 Å². The number of ether oxygens (including phenoxy) is 1. The van der Waals surface area contributed by atoms with Crippen LogP contribution in [0.25, 0.3) is 0 Å². The molecule has 0 bridgehead atoms. The lowest BCUT2D eigenvalue weighted by atomic mass is 9.69. The van der Waals surface area contributed by atoms with E-state index in [1.807, 2.05) is 6.07 Å². The maximum atomic E-state index is 11.0. The van der Waals surface area contributed by atoms with Crippen LogP contribution in [0.3, 0.4) is 0 Å². The van der Waals surface area contributed by atoms with Crippen molar-refractivity contribution in [2.75, 3.05) is 45.7 Å². The van der Waals surface area contributed by atoms with Gasteiger partial charge in [-0.05, 0) is 63.7 Å². The number of hydrogen-bond donors (Lipinski definition) is 1. The summed E-state index contributed by atoms with van der Waals surface area (Å²) in [6, 6.07) is 2.72. The molecule has 1 aromatic heterocycles. The number of carbonyl (C=O) groups is 1. The van der Waals surface area contributed by atoms with Gasteiger partial charge in [-0.25, -0.2) is 4.98 Å². The summed E-state index contributed by atoms with van der Waals surface area (Å²) >= 11 is 0. The zero-order valence-electron chi connectivity index (χ0n) is 16.3. The summed E-state index contributed by atoms with van der Waals surface area (Å²) < 4.78 is 5.37. The number of anilines is 1. The van der Waals surface area contributed by atoms with Crippen LogP contribution in [0.2, 0.25) is 0 Å². The van der Waals surface area contributed by atoms with E-state index >= 15 is 0 Å². The topological polar surface area (TPSA) is 57.7 Å². The summed E-state index contributed by atoms with van der Waals surface area (Å²) in [5, 5.41) is 2.77. The third-order valence-corrected chi connectivity index (χ3v) is 6.27. The fourth-order valence-corrected chi connectivity index (χ4v) is 4.49. The molecule has 1 aliphatic heterocycles. The summed E-state index contributed by atoms with van der Waals surface area (Å²) in [5.41, 5.74) is 1.12. The fraction of sp³-hybridized carbons (Fsp3) is 0.700. The third kappa shape index (κ3) is 4.18. The lowest BCUT2D eigenvalue weighted by molar-refractivity contribution is -0.105. The molecule has 2 heterocycles. The van der Waals surface area contributed by atoms with Gasteiger partial charge in [0.25, 0.3) is 0 Å². The first-order valence-corrected chi connectivity index (χ1v) is 9.73. The molecule has 0 radical (unpaired) electrons. The molecule has 2 fully saturated rings. The molecule has 1 saturated heterocycles. The number of hydrogen-bond acceptors (Lipinski definition) is 5. The van der Waals surface area contributed by atoms with Crippen molar-refractivity contribution in [1.29, 1.82) is 0 Å². The summed E-state index contributed by atoms with van der Waals surface area (Å²) in [6.07, 6.45) is 8.23. The maximum Gasteiger partial charge on any atom is 0.212 e. The van der Waals surface area contributed by atoms with E-state index in [1.165, 1.54) is 45.4 Å². The van der Waals surface area contributed by atoms with Crippen molar-refractivity contribution in [3.05, 3.63) is 17.8 Å². The lowest BCUT2D eigenvalue weighted by Gasteiger charge is -2.42. The van der Waals surface area contributed by atoms with Gasteiger partial charge in [0.2, 0.25) is 6.41 Å². The van der Waals surface area contributed by atoms with Gasteiger partial charge in [-0.15, -0.1) is 0 Å². The maximum absolute atomic E-state index is 11.0. The number of likely N-dealkylation sites (N-methyl/N-ethyl adjacent to an activating group) is 1. The first kappa shape index (κ1) is 19.1. The number of amides is 1. The second kappa shape index (κ2) is 8.35. The van der Waals surface area contributed by atoms with E-state index < -0.39 is 0 Å². The molecule has 2 aliphatic rings. The van der Waals surface area contributed by atoms with Crippen molar-refractivity contribution in [2.24, 2.45) is 0 Å². The number of pyridine rings is 1. The van der Waals surface area contributed by atoms with Crippen molar-refractivity contribution in [1.82, 2.24) is 14.8 Å². The highest BCUT2D eigenvalue weighted by Gasteiger charge is 2.37. The number of carbonyl (C=O) groups excluding carboxylic acids is 1. The van der Waals surface area contributed by atoms with Crippen LogP contribution in [0.5, 0.6) is 5.75 Å². The highest BCUT2D eigenvalue weighted by Crippen LogP contribution is 2.43. The molecule has 0 atom stereocenters. The average Bonchev–Trinajstić information content (AvgIpc) is 2.87. The smallest absolute Gasteiger partial charge is 0.212 e. The molecular weight excluding hydrogens is 328 g/mol. The highest BCUT2D eigenvalue weighted by molar-refractivity contribution is 5.72. The Balaban J connectivity index is 1.72.